The Morgan fingerprint density at radius 1 is 1.29 bits per heavy atom. The molecule has 1 aliphatic carbocycles. The fourth-order valence-corrected chi connectivity index (χ4v) is 4.90. The third-order valence-corrected chi connectivity index (χ3v) is 6.99. The Kier molecular flexibility index (Phi) is 5.89. The average Bonchev–Trinajstić information content (AvgIpc) is 3.29. The molecule has 4 heterocycles. The first kappa shape index (κ1) is 22.8. The highest BCUT2D eigenvalue weighted by Gasteiger charge is 2.39. The van der Waals surface area contributed by atoms with Crippen LogP contribution in [0.1, 0.15) is 43.9 Å². The molecule has 2 aliphatic rings. The summed E-state index contributed by atoms with van der Waals surface area (Å²) in [6.07, 6.45) is 11.3. The van der Waals surface area contributed by atoms with Crippen LogP contribution < -0.4 is 15.5 Å². The fourth-order valence-electron chi connectivity index (χ4n) is 4.30. The molecule has 5 rings (SSSR count). The van der Waals surface area contributed by atoms with E-state index in [4.69, 9.17) is 26.9 Å². The van der Waals surface area contributed by atoms with Crippen LogP contribution in [-0.2, 0) is 6.54 Å². The summed E-state index contributed by atoms with van der Waals surface area (Å²) < 4.78 is 1.95. The van der Waals surface area contributed by atoms with Crippen molar-refractivity contribution in [3.05, 3.63) is 41.0 Å². The molecule has 0 bridgehead atoms. The molecule has 1 unspecified atom stereocenters. The molecule has 1 aliphatic heterocycles. The van der Waals surface area contributed by atoms with Crippen LogP contribution in [0.5, 0.6) is 0 Å². The number of nitrogens with two attached hydrogens (primary N) is 1. The summed E-state index contributed by atoms with van der Waals surface area (Å²) >= 11 is 1.38. The van der Waals surface area contributed by atoms with Crippen molar-refractivity contribution in [2.75, 3.05) is 9.80 Å². The van der Waals surface area contributed by atoms with E-state index in [2.05, 4.69) is 15.1 Å². The normalized spacial score (nSPS) is 18.3. The van der Waals surface area contributed by atoms with Crippen molar-refractivity contribution >= 4 is 57.7 Å². The molecular weight excluding hydrogens is 462 g/mol. The Morgan fingerprint density at radius 2 is 2.09 bits per heavy atom. The first-order valence-electron chi connectivity index (χ1n) is 11.5. The molecule has 3 aromatic rings. The number of allylic oxidation sites excluding steroid dienone is 1. The van der Waals surface area contributed by atoms with Crippen LogP contribution in [0.3, 0.4) is 0 Å². The van der Waals surface area contributed by atoms with Crippen molar-refractivity contribution in [1.29, 1.82) is 16.2 Å². The number of aromatic nitrogens is 5. The SMILES string of the molecule is CCC1C(=N)N(C(C)=N)c2cnc(/C(C=N)=C(/N)c3nccs3)nc2N1c1cnn(CC2CC2)c1. The molecule has 11 nitrogen and oxygen atoms in total. The van der Waals surface area contributed by atoms with Gasteiger partial charge in [-0.25, -0.2) is 15.0 Å². The van der Waals surface area contributed by atoms with Gasteiger partial charge in [-0.05, 0) is 32.1 Å². The molecule has 0 aromatic carbocycles. The molecule has 35 heavy (non-hydrogen) atoms. The number of nitrogens with one attached hydrogen (secondary N) is 3. The second kappa shape index (κ2) is 9.02. The summed E-state index contributed by atoms with van der Waals surface area (Å²) in [5, 5.41) is 32.2. The number of hydrogen-bond donors (Lipinski definition) is 4. The van der Waals surface area contributed by atoms with Crippen LogP contribution in [0, 0.1) is 22.1 Å². The highest BCUT2D eigenvalue weighted by molar-refractivity contribution is 7.10. The Hall–Kier alpha value is -3.93. The molecule has 1 atom stereocenters. The van der Waals surface area contributed by atoms with Crippen LogP contribution in [0.4, 0.5) is 17.2 Å². The fraction of sp³-hybridized carbons (Fsp3) is 0.348. The second-order valence-corrected chi connectivity index (χ2v) is 9.57. The summed E-state index contributed by atoms with van der Waals surface area (Å²) in [5.41, 5.74) is 8.39. The van der Waals surface area contributed by atoms with Gasteiger partial charge in [-0.15, -0.1) is 11.3 Å². The van der Waals surface area contributed by atoms with Gasteiger partial charge >= 0.3 is 0 Å². The Balaban J connectivity index is 1.67. The summed E-state index contributed by atoms with van der Waals surface area (Å²) in [4.78, 5) is 17.1. The number of anilines is 3. The van der Waals surface area contributed by atoms with Gasteiger partial charge in [0.15, 0.2) is 11.6 Å². The van der Waals surface area contributed by atoms with E-state index >= 15 is 0 Å². The lowest BCUT2D eigenvalue weighted by atomic mass is 10.1. The minimum absolute atomic E-state index is 0.209. The van der Waals surface area contributed by atoms with Crippen molar-refractivity contribution in [2.24, 2.45) is 11.7 Å². The van der Waals surface area contributed by atoms with E-state index in [0.29, 0.717) is 40.1 Å². The van der Waals surface area contributed by atoms with Gasteiger partial charge in [0.1, 0.15) is 22.4 Å². The zero-order valence-electron chi connectivity index (χ0n) is 19.6. The van der Waals surface area contributed by atoms with Crippen LogP contribution in [-0.4, -0.2) is 48.7 Å². The van der Waals surface area contributed by atoms with Gasteiger partial charge in [0.25, 0.3) is 0 Å². The largest absolute Gasteiger partial charge is 0.396 e. The second-order valence-electron chi connectivity index (χ2n) is 8.68. The predicted octanol–water partition coefficient (Wildman–Crippen LogP) is 3.73. The third-order valence-electron chi connectivity index (χ3n) is 6.19. The highest BCUT2D eigenvalue weighted by Crippen LogP contribution is 2.41. The van der Waals surface area contributed by atoms with E-state index < -0.39 is 0 Å². The maximum absolute atomic E-state index is 8.90. The van der Waals surface area contributed by atoms with Crippen molar-refractivity contribution in [2.45, 2.75) is 45.7 Å². The van der Waals surface area contributed by atoms with Crippen molar-refractivity contribution in [3.8, 4) is 0 Å². The Labute approximate surface area is 206 Å². The minimum Gasteiger partial charge on any atom is -0.396 e. The summed E-state index contributed by atoms with van der Waals surface area (Å²) in [5.74, 6) is 1.99. The van der Waals surface area contributed by atoms with Gasteiger partial charge in [-0.2, -0.15) is 5.10 Å². The van der Waals surface area contributed by atoms with E-state index in [1.54, 1.807) is 30.4 Å². The smallest absolute Gasteiger partial charge is 0.165 e. The van der Waals surface area contributed by atoms with Crippen molar-refractivity contribution < 1.29 is 0 Å². The Morgan fingerprint density at radius 3 is 2.71 bits per heavy atom. The topological polar surface area (TPSA) is 161 Å². The number of fused-ring (bicyclic) bond motifs is 1. The maximum Gasteiger partial charge on any atom is 0.165 e. The molecule has 1 saturated carbocycles. The first-order chi connectivity index (χ1) is 16.9. The van der Waals surface area contributed by atoms with Gasteiger partial charge in [-0.1, -0.05) is 6.92 Å². The summed E-state index contributed by atoms with van der Waals surface area (Å²) in [6.45, 7) is 4.53. The van der Waals surface area contributed by atoms with Gasteiger partial charge in [-0.3, -0.25) is 20.4 Å². The van der Waals surface area contributed by atoms with Crippen LogP contribution in [0.2, 0.25) is 0 Å². The first-order valence-corrected chi connectivity index (χ1v) is 12.3. The molecule has 12 heteroatoms. The lowest BCUT2D eigenvalue weighted by molar-refractivity contribution is 0.563. The van der Waals surface area contributed by atoms with E-state index in [-0.39, 0.29) is 23.5 Å². The summed E-state index contributed by atoms with van der Waals surface area (Å²) in [6, 6.07) is -0.354. The molecule has 0 amide bonds. The lowest BCUT2D eigenvalue weighted by Gasteiger charge is -2.42. The number of rotatable bonds is 7. The lowest BCUT2D eigenvalue weighted by Crippen LogP contribution is -2.53. The zero-order chi connectivity index (χ0) is 24.7. The standard InChI is InChI=1S/C23H27N11S/c1-3-17-20(27)33(13(2)25)18-10-29-21(16(8-24)19(26)23-28-6-7-35-23)31-22(18)34(17)15-9-30-32(12-15)11-14-4-5-14/h6-10,12,14,17,24-25,27H,3-5,11,26H2,1-2H3/b19-16+,24-8?,25-13?,27-20?. The van der Waals surface area contributed by atoms with E-state index in [1.807, 2.05) is 28.1 Å². The van der Waals surface area contributed by atoms with E-state index in [9.17, 15) is 0 Å². The van der Waals surface area contributed by atoms with Gasteiger partial charge in [0.05, 0.1) is 35.4 Å². The number of nitrogens with zero attached hydrogens (tertiary/aromatic N) is 7. The van der Waals surface area contributed by atoms with Crippen LogP contribution in [0.15, 0.2) is 30.2 Å². The highest BCUT2D eigenvalue weighted by atomic mass is 32.1. The molecule has 180 valence electrons. The van der Waals surface area contributed by atoms with Crippen molar-refractivity contribution in [1.82, 2.24) is 24.7 Å². The molecule has 0 radical (unpaired) electrons. The maximum atomic E-state index is 8.90. The summed E-state index contributed by atoms with van der Waals surface area (Å²) in [7, 11) is 0. The van der Waals surface area contributed by atoms with Crippen LogP contribution >= 0.6 is 11.3 Å². The Bertz CT molecular complexity index is 1320. The predicted molar refractivity (Wildman–Crippen MR) is 139 cm³/mol. The molecule has 1 fully saturated rings. The molecule has 5 N–H and O–H groups in total. The third kappa shape index (κ3) is 4.09. The van der Waals surface area contributed by atoms with Gasteiger partial charge in [0, 0.05) is 30.5 Å². The minimum atomic E-state index is -0.354. The molecular formula is C23H27N11S. The van der Waals surface area contributed by atoms with Crippen LogP contribution in [0.25, 0.3) is 11.3 Å². The number of thiazole rings is 1. The van der Waals surface area contributed by atoms with Crippen molar-refractivity contribution in [3.63, 3.8) is 0 Å². The molecule has 0 saturated heterocycles. The quantitative estimate of drug-likeness (QED) is 0.290. The average molecular weight is 490 g/mol. The molecule has 3 aromatic heterocycles. The molecule has 0 spiro atoms. The number of hydrogen-bond acceptors (Lipinski definition) is 10. The number of amidine groups is 2. The zero-order valence-corrected chi connectivity index (χ0v) is 20.4. The van der Waals surface area contributed by atoms with Gasteiger partial charge < -0.3 is 16.0 Å². The monoisotopic (exact) mass is 489 g/mol. The van der Waals surface area contributed by atoms with E-state index in [1.165, 1.54) is 24.2 Å². The van der Waals surface area contributed by atoms with E-state index in [0.717, 1.165) is 18.4 Å². The van der Waals surface area contributed by atoms with Gasteiger partial charge in [0.2, 0.25) is 0 Å².